The van der Waals surface area contributed by atoms with Gasteiger partial charge in [-0.25, -0.2) is 0 Å². The van der Waals surface area contributed by atoms with Crippen LogP contribution in [0, 0.1) is 11.3 Å². The molecule has 3 nitrogen and oxygen atoms in total. The Balaban J connectivity index is 1.94. The molecule has 2 aromatic rings. The molecule has 1 saturated heterocycles. The van der Waals surface area contributed by atoms with Crippen molar-refractivity contribution in [3.63, 3.8) is 0 Å². The third-order valence-electron chi connectivity index (χ3n) is 3.82. The van der Waals surface area contributed by atoms with Crippen molar-refractivity contribution in [1.29, 1.82) is 5.26 Å². The monoisotopic (exact) mass is 251 g/mol. The summed E-state index contributed by atoms with van der Waals surface area (Å²) in [6, 6.07) is 12.5. The van der Waals surface area contributed by atoms with Crippen molar-refractivity contribution in [2.24, 2.45) is 0 Å². The minimum absolute atomic E-state index is 0.120. The molecule has 0 spiro atoms. The minimum Gasteiger partial charge on any atom is -0.284 e. The first kappa shape index (κ1) is 12.1. The highest BCUT2D eigenvalue weighted by molar-refractivity contribution is 5.79. The van der Waals surface area contributed by atoms with Crippen molar-refractivity contribution in [3.05, 3.63) is 42.1 Å². The van der Waals surface area contributed by atoms with Gasteiger partial charge < -0.3 is 0 Å². The van der Waals surface area contributed by atoms with Gasteiger partial charge in [-0.3, -0.25) is 9.88 Å². The van der Waals surface area contributed by atoms with Crippen LogP contribution < -0.4 is 0 Å². The van der Waals surface area contributed by atoms with E-state index in [9.17, 15) is 5.26 Å². The third kappa shape index (κ3) is 2.45. The average Bonchev–Trinajstić information content (AvgIpc) is 2.49. The van der Waals surface area contributed by atoms with Crippen LogP contribution in [0.15, 0.2) is 36.5 Å². The van der Waals surface area contributed by atoms with Crippen molar-refractivity contribution in [1.82, 2.24) is 9.88 Å². The van der Waals surface area contributed by atoms with E-state index in [-0.39, 0.29) is 6.04 Å². The molecule has 0 N–H and O–H groups in total. The van der Waals surface area contributed by atoms with E-state index in [2.05, 4.69) is 28.1 Å². The SMILES string of the molecule is N#CC(c1ccc2ncccc2c1)N1CCCCC1. The Hall–Kier alpha value is -1.92. The van der Waals surface area contributed by atoms with Crippen molar-refractivity contribution < 1.29 is 0 Å². The molecule has 0 saturated carbocycles. The fourth-order valence-electron chi connectivity index (χ4n) is 2.81. The van der Waals surface area contributed by atoms with Gasteiger partial charge in [0, 0.05) is 11.6 Å². The lowest BCUT2D eigenvalue weighted by atomic mass is 10.0. The second kappa shape index (κ2) is 5.38. The first-order chi connectivity index (χ1) is 9.38. The molecule has 1 aliphatic rings. The summed E-state index contributed by atoms with van der Waals surface area (Å²) in [6.07, 6.45) is 5.49. The van der Waals surface area contributed by atoms with Crippen molar-refractivity contribution >= 4 is 10.9 Å². The van der Waals surface area contributed by atoms with Crippen molar-refractivity contribution in [2.75, 3.05) is 13.1 Å². The van der Waals surface area contributed by atoms with Gasteiger partial charge in [-0.05, 0) is 49.7 Å². The summed E-state index contributed by atoms with van der Waals surface area (Å²) in [5.74, 6) is 0. The smallest absolute Gasteiger partial charge is 0.123 e. The highest BCUT2D eigenvalue weighted by Gasteiger charge is 2.21. The number of benzene rings is 1. The fourth-order valence-corrected chi connectivity index (χ4v) is 2.81. The zero-order chi connectivity index (χ0) is 13.1. The van der Waals surface area contributed by atoms with Crippen LogP contribution in [0.1, 0.15) is 30.9 Å². The van der Waals surface area contributed by atoms with Crippen LogP contribution in [-0.4, -0.2) is 23.0 Å². The molecule has 0 amide bonds. The van der Waals surface area contributed by atoms with Gasteiger partial charge in [0.15, 0.2) is 0 Å². The quantitative estimate of drug-likeness (QED) is 0.822. The van der Waals surface area contributed by atoms with E-state index in [1.54, 1.807) is 6.20 Å². The van der Waals surface area contributed by atoms with Crippen LogP contribution in [0.25, 0.3) is 10.9 Å². The molecule has 96 valence electrons. The van der Waals surface area contributed by atoms with Gasteiger partial charge in [0.2, 0.25) is 0 Å². The van der Waals surface area contributed by atoms with E-state index in [1.807, 2.05) is 18.2 Å². The zero-order valence-electron chi connectivity index (χ0n) is 10.9. The third-order valence-corrected chi connectivity index (χ3v) is 3.82. The minimum atomic E-state index is -0.120. The number of piperidine rings is 1. The number of pyridine rings is 1. The highest BCUT2D eigenvalue weighted by atomic mass is 15.2. The number of rotatable bonds is 2. The van der Waals surface area contributed by atoms with Gasteiger partial charge in [0.25, 0.3) is 0 Å². The Bertz CT molecular complexity index is 609. The molecule has 1 aromatic heterocycles. The molecular weight excluding hydrogens is 234 g/mol. The summed E-state index contributed by atoms with van der Waals surface area (Å²) in [5.41, 5.74) is 2.08. The van der Waals surface area contributed by atoms with E-state index >= 15 is 0 Å². The molecule has 1 aliphatic heterocycles. The van der Waals surface area contributed by atoms with Crippen LogP contribution >= 0.6 is 0 Å². The number of nitriles is 1. The van der Waals surface area contributed by atoms with Gasteiger partial charge in [-0.1, -0.05) is 18.6 Å². The predicted molar refractivity (Wildman–Crippen MR) is 75.5 cm³/mol. The summed E-state index contributed by atoms with van der Waals surface area (Å²) in [4.78, 5) is 6.62. The molecule has 19 heavy (non-hydrogen) atoms. The van der Waals surface area contributed by atoms with Crippen LogP contribution in [0.5, 0.6) is 0 Å². The molecule has 0 aliphatic carbocycles. The Kier molecular flexibility index (Phi) is 3.43. The standard InChI is InChI=1S/C16H17N3/c17-12-16(19-9-2-1-3-10-19)14-6-7-15-13(11-14)5-4-8-18-15/h4-8,11,16H,1-3,9-10H2. The topological polar surface area (TPSA) is 39.9 Å². The van der Waals surface area contributed by atoms with Crippen molar-refractivity contribution in [2.45, 2.75) is 25.3 Å². The second-order valence-electron chi connectivity index (χ2n) is 5.08. The predicted octanol–water partition coefficient (Wildman–Crippen LogP) is 3.29. The van der Waals surface area contributed by atoms with Gasteiger partial charge >= 0.3 is 0 Å². The molecule has 1 fully saturated rings. The van der Waals surface area contributed by atoms with Gasteiger partial charge in [0.1, 0.15) is 6.04 Å². The average molecular weight is 251 g/mol. The number of likely N-dealkylation sites (tertiary alicyclic amines) is 1. The Morgan fingerprint density at radius 3 is 2.79 bits per heavy atom. The highest BCUT2D eigenvalue weighted by Crippen LogP contribution is 2.26. The number of nitrogens with zero attached hydrogens (tertiary/aromatic N) is 3. The van der Waals surface area contributed by atoms with E-state index < -0.39 is 0 Å². The van der Waals surface area contributed by atoms with E-state index in [0.717, 1.165) is 29.6 Å². The zero-order valence-corrected chi connectivity index (χ0v) is 10.9. The molecular formula is C16H17N3. The summed E-state index contributed by atoms with van der Waals surface area (Å²) in [6.45, 7) is 2.06. The maximum Gasteiger partial charge on any atom is 0.123 e. The number of hydrogen-bond donors (Lipinski definition) is 0. The van der Waals surface area contributed by atoms with Crippen molar-refractivity contribution in [3.8, 4) is 6.07 Å². The maximum atomic E-state index is 9.50. The number of fused-ring (bicyclic) bond motifs is 1. The number of hydrogen-bond acceptors (Lipinski definition) is 3. The first-order valence-electron chi connectivity index (χ1n) is 6.87. The van der Waals surface area contributed by atoms with E-state index in [0.29, 0.717) is 0 Å². The maximum absolute atomic E-state index is 9.50. The van der Waals surface area contributed by atoms with E-state index in [1.165, 1.54) is 19.3 Å². The Labute approximate surface area is 113 Å². The normalized spacial score (nSPS) is 18.1. The second-order valence-corrected chi connectivity index (χ2v) is 5.08. The van der Waals surface area contributed by atoms with Crippen LogP contribution in [0.4, 0.5) is 0 Å². The lowest BCUT2D eigenvalue weighted by Crippen LogP contribution is -2.33. The van der Waals surface area contributed by atoms with E-state index in [4.69, 9.17) is 0 Å². The van der Waals surface area contributed by atoms with Crippen LogP contribution in [0.2, 0.25) is 0 Å². The van der Waals surface area contributed by atoms with Gasteiger partial charge in [-0.2, -0.15) is 5.26 Å². The van der Waals surface area contributed by atoms with Gasteiger partial charge in [0.05, 0.1) is 11.6 Å². The summed E-state index contributed by atoms with van der Waals surface area (Å²) < 4.78 is 0. The van der Waals surface area contributed by atoms with Crippen LogP contribution in [-0.2, 0) is 0 Å². The molecule has 0 radical (unpaired) electrons. The van der Waals surface area contributed by atoms with Crippen LogP contribution in [0.3, 0.4) is 0 Å². The lowest BCUT2D eigenvalue weighted by Gasteiger charge is -2.30. The Morgan fingerprint density at radius 2 is 2.00 bits per heavy atom. The molecule has 2 heterocycles. The summed E-state index contributed by atoms with van der Waals surface area (Å²) in [5, 5.41) is 10.6. The molecule has 3 rings (SSSR count). The van der Waals surface area contributed by atoms with Gasteiger partial charge in [-0.15, -0.1) is 0 Å². The molecule has 3 heteroatoms. The molecule has 1 unspecified atom stereocenters. The number of aromatic nitrogens is 1. The largest absolute Gasteiger partial charge is 0.284 e. The molecule has 0 bridgehead atoms. The molecule has 1 aromatic carbocycles. The summed E-state index contributed by atoms with van der Waals surface area (Å²) in [7, 11) is 0. The fraction of sp³-hybridized carbons (Fsp3) is 0.375. The lowest BCUT2D eigenvalue weighted by molar-refractivity contribution is 0.196. The Morgan fingerprint density at radius 1 is 1.16 bits per heavy atom. The first-order valence-corrected chi connectivity index (χ1v) is 6.87. The summed E-state index contributed by atoms with van der Waals surface area (Å²) >= 11 is 0. The molecule has 1 atom stereocenters.